The van der Waals surface area contributed by atoms with Crippen molar-refractivity contribution in [2.75, 3.05) is 0 Å². The van der Waals surface area contributed by atoms with Crippen LogP contribution in [0.4, 0.5) is 18.9 Å². The molecule has 0 saturated heterocycles. The van der Waals surface area contributed by atoms with Gasteiger partial charge in [0, 0.05) is 6.07 Å². The minimum atomic E-state index is -4.64. The molecule has 132 valence electrons. The van der Waals surface area contributed by atoms with Crippen LogP contribution in [0.2, 0.25) is 10.0 Å². The normalized spacial score (nSPS) is 11.2. The molecule has 0 atom stereocenters. The summed E-state index contributed by atoms with van der Waals surface area (Å²) in [7, 11) is 0. The standard InChI is InChI=1S/C14H7Cl2F3N2O4/c15-10-4-8(14(17,18)19)5-11(16)13(10)25-9-1-2-12(21(23)24)7(3-9)6-20-22/h1-5H,6H2. The first-order chi connectivity index (χ1) is 11.6. The zero-order chi connectivity index (χ0) is 18.8. The van der Waals surface area contributed by atoms with Crippen LogP contribution in [0.25, 0.3) is 0 Å². The molecule has 0 radical (unpaired) electrons. The summed E-state index contributed by atoms with van der Waals surface area (Å²) in [5.74, 6) is -0.261. The Hall–Kier alpha value is -2.39. The van der Waals surface area contributed by atoms with Gasteiger partial charge in [0.15, 0.2) is 5.75 Å². The van der Waals surface area contributed by atoms with Gasteiger partial charge in [-0.15, -0.1) is 0 Å². The molecule has 0 amide bonds. The summed E-state index contributed by atoms with van der Waals surface area (Å²) >= 11 is 11.6. The molecule has 2 rings (SSSR count). The van der Waals surface area contributed by atoms with E-state index in [4.69, 9.17) is 27.9 Å². The van der Waals surface area contributed by atoms with Crippen molar-refractivity contribution in [2.24, 2.45) is 5.18 Å². The number of nitrogens with zero attached hydrogens (tertiary/aromatic N) is 2. The lowest BCUT2D eigenvalue weighted by Crippen LogP contribution is -2.05. The summed E-state index contributed by atoms with van der Waals surface area (Å²) < 4.78 is 43.4. The third-order valence-corrected chi connectivity index (χ3v) is 3.59. The fraction of sp³-hybridized carbons (Fsp3) is 0.143. The Labute approximate surface area is 148 Å². The summed E-state index contributed by atoms with van der Waals surface area (Å²) in [4.78, 5) is 20.6. The first kappa shape index (κ1) is 18.9. The smallest absolute Gasteiger partial charge is 0.416 e. The molecular formula is C14H7Cl2F3N2O4. The third kappa shape index (κ3) is 4.37. The first-order valence-corrected chi connectivity index (χ1v) is 7.19. The van der Waals surface area contributed by atoms with E-state index in [1.807, 2.05) is 0 Å². The topological polar surface area (TPSA) is 81.8 Å². The number of ether oxygens (including phenoxy) is 1. The summed E-state index contributed by atoms with van der Waals surface area (Å²) in [6.07, 6.45) is -4.64. The zero-order valence-corrected chi connectivity index (χ0v) is 13.5. The number of benzene rings is 2. The Morgan fingerprint density at radius 3 is 2.24 bits per heavy atom. The molecule has 0 saturated carbocycles. The van der Waals surface area contributed by atoms with Crippen LogP contribution in [0.3, 0.4) is 0 Å². The van der Waals surface area contributed by atoms with E-state index in [2.05, 4.69) is 5.18 Å². The second-order valence-corrected chi connectivity index (χ2v) is 5.52. The van der Waals surface area contributed by atoms with Crippen LogP contribution < -0.4 is 4.74 Å². The van der Waals surface area contributed by atoms with E-state index >= 15 is 0 Å². The monoisotopic (exact) mass is 394 g/mol. The highest BCUT2D eigenvalue weighted by atomic mass is 35.5. The van der Waals surface area contributed by atoms with Crippen LogP contribution in [-0.2, 0) is 12.7 Å². The summed E-state index contributed by atoms with van der Waals surface area (Å²) in [6, 6.07) is 4.70. The molecule has 0 unspecified atom stereocenters. The molecule has 0 fully saturated rings. The van der Waals surface area contributed by atoms with E-state index in [-0.39, 0.29) is 22.7 Å². The van der Waals surface area contributed by atoms with Gasteiger partial charge in [-0.25, -0.2) is 0 Å². The predicted octanol–water partition coefficient (Wildman–Crippen LogP) is 5.98. The van der Waals surface area contributed by atoms with E-state index in [0.29, 0.717) is 12.1 Å². The molecule has 0 bridgehead atoms. The van der Waals surface area contributed by atoms with Crippen molar-refractivity contribution in [3.05, 3.63) is 66.5 Å². The van der Waals surface area contributed by atoms with E-state index in [9.17, 15) is 28.2 Å². The lowest BCUT2D eigenvalue weighted by atomic mass is 10.1. The summed E-state index contributed by atoms with van der Waals surface area (Å²) in [5.41, 5.74) is -1.43. The lowest BCUT2D eigenvalue weighted by molar-refractivity contribution is -0.385. The highest BCUT2D eigenvalue weighted by Gasteiger charge is 2.32. The van der Waals surface area contributed by atoms with Crippen molar-refractivity contribution in [1.82, 2.24) is 0 Å². The highest BCUT2D eigenvalue weighted by molar-refractivity contribution is 6.37. The number of nitro groups is 1. The molecule has 0 aromatic heterocycles. The average Bonchev–Trinajstić information content (AvgIpc) is 2.50. The third-order valence-electron chi connectivity index (χ3n) is 3.03. The fourth-order valence-electron chi connectivity index (χ4n) is 1.94. The van der Waals surface area contributed by atoms with Gasteiger partial charge >= 0.3 is 6.18 Å². The molecule has 0 aliphatic heterocycles. The van der Waals surface area contributed by atoms with Crippen molar-refractivity contribution in [3.8, 4) is 11.5 Å². The minimum absolute atomic E-state index is 0.00666. The SMILES string of the molecule is O=NCc1cc(Oc2c(Cl)cc(C(F)(F)F)cc2Cl)ccc1[N+](=O)[O-]. The van der Waals surface area contributed by atoms with Gasteiger partial charge in [-0.1, -0.05) is 28.4 Å². The maximum atomic E-state index is 12.7. The van der Waals surface area contributed by atoms with Crippen molar-refractivity contribution in [2.45, 2.75) is 12.7 Å². The Morgan fingerprint density at radius 2 is 1.76 bits per heavy atom. The van der Waals surface area contributed by atoms with Crippen LogP contribution in [0.1, 0.15) is 11.1 Å². The van der Waals surface area contributed by atoms with E-state index in [1.165, 1.54) is 6.07 Å². The average molecular weight is 395 g/mol. The van der Waals surface area contributed by atoms with Gasteiger partial charge < -0.3 is 4.74 Å². The lowest BCUT2D eigenvalue weighted by Gasteiger charge is -2.13. The van der Waals surface area contributed by atoms with Crippen LogP contribution in [-0.4, -0.2) is 4.92 Å². The minimum Gasteiger partial charge on any atom is -0.454 e. The molecule has 0 heterocycles. The fourth-order valence-corrected chi connectivity index (χ4v) is 2.50. The number of nitroso groups, excluding NO2 is 1. The quantitative estimate of drug-likeness (QED) is 0.354. The van der Waals surface area contributed by atoms with Crippen molar-refractivity contribution in [1.29, 1.82) is 0 Å². The largest absolute Gasteiger partial charge is 0.454 e. The molecule has 2 aromatic rings. The maximum Gasteiger partial charge on any atom is 0.416 e. The van der Waals surface area contributed by atoms with Gasteiger partial charge in [0.25, 0.3) is 5.69 Å². The van der Waals surface area contributed by atoms with Gasteiger partial charge in [-0.3, -0.25) is 10.1 Å². The second-order valence-electron chi connectivity index (χ2n) is 4.70. The first-order valence-electron chi connectivity index (χ1n) is 6.44. The van der Waals surface area contributed by atoms with Crippen molar-refractivity contribution in [3.63, 3.8) is 0 Å². The van der Waals surface area contributed by atoms with Crippen LogP contribution in [0, 0.1) is 15.0 Å². The number of halogens is 5. The number of hydrogen-bond donors (Lipinski definition) is 0. The van der Waals surface area contributed by atoms with Crippen LogP contribution >= 0.6 is 23.2 Å². The van der Waals surface area contributed by atoms with Crippen LogP contribution in [0.15, 0.2) is 35.5 Å². The molecule has 0 aliphatic rings. The van der Waals surface area contributed by atoms with E-state index in [1.54, 1.807) is 0 Å². The number of nitro benzene ring substituents is 1. The molecule has 11 heteroatoms. The van der Waals surface area contributed by atoms with Gasteiger partial charge in [0.1, 0.15) is 12.3 Å². The Balaban J connectivity index is 2.41. The highest BCUT2D eigenvalue weighted by Crippen LogP contribution is 2.42. The molecule has 0 aliphatic carbocycles. The predicted molar refractivity (Wildman–Crippen MR) is 84.1 cm³/mol. The van der Waals surface area contributed by atoms with Gasteiger partial charge in [-0.2, -0.15) is 18.1 Å². The Kier molecular flexibility index (Phi) is 5.48. The molecule has 6 nitrogen and oxygen atoms in total. The molecule has 0 N–H and O–H groups in total. The summed E-state index contributed by atoms with van der Waals surface area (Å²) in [6.45, 7) is -0.484. The number of hydrogen-bond acceptors (Lipinski definition) is 5. The van der Waals surface area contributed by atoms with E-state index in [0.717, 1.165) is 12.1 Å². The molecule has 2 aromatic carbocycles. The molecular weight excluding hydrogens is 388 g/mol. The number of alkyl halides is 3. The van der Waals surface area contributed by atoms with Gasteiger partial charge in [0.2, 0.25) is 0 Å². The Morgan fingerprint density at radius 1 is 1.16 bits per heavy atom. The maximum absolute atomic E-state index is 12.7. The van der Waals surface area contributed by atoms with Crippen molar-refractivity contribution < 1.29 is 22.8 Å². The second kappa shape index (κ2) is 7.24. The van der Waals surface area contributed by atoms with Crippen molar-refractivity contribution >= 4 is 28.9 Å². The zero-order valence-electron chi connectivity index (χ0n) is 12.0. The Bertz CT molecular complexity index is 820. The van der Waals surface area contributed by atoms with Gasteiger partial charge in [-0.05, 0) is 24.3 Å². The molecule has 0 spiro atoms. The number of rotatable bonds is 5. The van der Waals surface area contributed by atoms with Crippen LogP contribution in [0.5, 0.6) is 11.5 Å². The van der Waals surface area contributed by atoms with Gasteiger partial charge in [0.05, 0.1) is 26.1 Å². The van der Waals surface area contributed by atoms with E-state index < -0.39 is 33.3 Å². The summed E-state index contributed by atoms with van der Waals surface area (Å²) in [5, 5.41) is 12.7. The molecule has 25 heavy (non-hydrogen) atoms.